The van der Waals surface area contributed by atoms with Crippen LogP contribution in [0.4, 0.5) is 0 Å². The highest BCUT2D eigenvalue weighted by Gasteiger charge is 2.23. The normalized spacial score (nSPS) is 21.7. The number of piperidine rings is 1. The zero-order valence-electron chi connectivity index (χ0n) is 19.3. The van der Waals surface area contributed by atoms with E-state index >= 15 is 0 Å². The van der Waals surface area contributed by atoms with E-state index in [1.54, 1.807) is 0 Å². The van der Waals surface area contributed by atoms with E-state index in [9.17, 15) is 0 Å². The van der Waals surface area contributed by atoms with Gasteiger partial charge in [-0.05, 0) is 72.5 Å². The second-order valence-electron chi connectivity index (χ2n) is 8.82. The van der Waals surface area contributed by atoms with Gasteiger partial charge in [-0.3, -0.25) is 4.99 Å². The van der Waals surface area contributed by atoms with E-state index in [1.807, 2.05) is 0 Å². The van der Waals surface area contributed by atoms with Crippen molar-refractivity contribution in [3.8, 4) is 0 Å². The molecule has 2 fully saturated rings. The predicted molar refractivity (Wildman–Crippen MR) is 122 cm³/mol. The van der Waals surface area contributed by atoms with Crippen LogP contribution in [0.15, 0.2) is 4.99 Å². The molecule has 1 N–H and O–H groups in total. The molecule has 0 bridgehead atoms. The molecule has 2 heterocycles. The van der Waals surface area contributed by atoms with Crippen LogP contribution in [-0.2, 0) is 9.47 Å². The van der Waals surface area contributed by atoms with E-state index in [0.29, 0.717) is 12.2 Å². The summed E-state index contributed by atoms with van der Waals surface area (Å²) in [6.07, 6.45) is 13.0. The molecule has 0 aliphatic carbocycles. The van der Waals surface area contributed by atoms with E-state index in [1.165, 1.54) is 51.5 Å². The summed E-state index contributed by atoms with van der Waals surface area (Å²) in [5.41, 5.74) is 0. The fraction of sp³-hybridized carbons (Fsp3) is 0.957. The van der Waals surface area contributed by atoms with Crippen LogP contribution in [0, 0.1) is 0 Å². The first-order valence-electron chi connectivity index (χ1n) is 12.1. The van der Waals surface area contributed by atoms with E-state index in [2.05, 4.69) is 36.1 Å². The second-order valence-corrected chi connectivity index (χ2v) is 8.82. The van der Waals surface area contributed by atoms with Gasteiger partial charge in [0.05, 0.1) is 18.8 Å². The van der Waals surface area contributed by atoms with Crippen LogP contribution in [-0.4, -0.2) is 88.0 Å². The Hall–Kier alpha value is -0.850. The molecule has 0 aromatic heterocycles. The molecule has 29 heavy (non-hydrogen) atoms. The fourth-order valence-corrected chi connectivity index (χ4v) is 4.10. The minimum atomic E-state index is 0.323. The van der Waals surface area contributed by atoms with Gasteiger partial charge in [-0.1, -0.05) is 19.3 Å². The van der Waals surface area contributed by atoms with Crippen molar-refractivity contribution in [3.05, 3.63) is 0 Å². The molecule has 1 atom stereocenters. The number of likely N-dealkylation sites (tertiary alicyclic amines) is 1. The number of nitrogens with zero attached hydrogens (tertiary/aromatic N) is 3. The van der Waals surface area contributed by atoms with Crippen molar-refractivity contribution in [3.63, 3.8) is 0 Å². The quantitative estimate of drug-likeness (QED) is 0.303. The van der Waals surface area contributed by atoms with Gasteiger partial charge in [0.2, 0.25) is 0 Å². The van der Waals surface area contributed by atoms with E-state index in [-0.39, 0.29) is 0 Å². The number of hydrogen-bond acceptors (Lipinski definition) is 4. The molecule has 1 unspecified atom stereocenters. The van der Waals surface area contributed by atoms with E-state index in [4.69, 9.17) is 14.5 Å². The maximum Gasteiger partial charge on any atom is 0.193 e. The highest BCUT2D eigenvalue weighted by Crippen LogP contribution is 2.18. The molecule has 2 aliphatic heterocycles. The Kier molecular flexibility index (Phi) is 12.7. The van der Waals surface area contributed by atoms with Gasteiger partial charge in [0.15, 0.2) is 5.96 Å². The molecule has 0 spiro atoms. The third-order valence-corrected chi connectivity index (χ3v) is 5.89. The molecular formula is C23H46N4O2. The summed E-state index contributed by atoms with van der Waals surface area (Å²) in [6.45, 7) is 8.97. The first-order chi connectivity index (χ1) is 14.2. The van der Waals surface area contributed by atoms with Crippen LogP contribution < -0.4 is 5.32 Å². The van der Waals surface area contributed by atoms with Crippen LogP contribution in [0.25, 0.3) is 0 Å². The van der Waals surface area contributed by atoms with Crippen molar-refractivity contribution < 1.29 is 9.47 Å². The lowest BCUT2D eigenvalue weighted by molar-refractivity contribution is -0.0721. The van der Waals surface area contributed by atoms with Crippen molar-refractivity contribution >= 4 is 5.96 Å². The summed E-state index contributed by atoms with van der Waals surface area (Å²) >= 11 is 0. The summed E-state index contributed by atoms with van der Waals surface area (Å²) in [5.74, 6) is 1.09. The zero-order chi connectivity index (χ0) is 20.7. The lowest BCUT2D eigenvalue weighted by Crippen LogP contribution is -2.47. The molecule has 0 aromatic carbocycles. The smallest absolute Gasteiger partial charge is 0.193 e. The van der Waals surface area contributed by atoms with Crippen LogP contribution in [0.3, 0.4) is 0 Å². The Bertz CT molecular complexity index is 431. The molecule has 2 aliphatic rings. The van der Waals surface area contributed by atoms with E-state index < -0.39 is 0 Å². The van der Waals surface area contributed by atoms with Gasteiger partial charge in [-0.2, -0.15) is 0 Å². The van der Waals surface area contributed by atoms with Crippen molar-refractivity contribution in [2.45, 2.75) is 83.3 Å². The summed E-state index contributed by atoms with van der Waals surface area (Å²) in [4.78, 5) is 9.57. The topological polar surface area (TPSA) is 49.3 Å². The average molecular weight is 411 g/mol. The first kappa shape index (κ1) is 24.4. The summed E-state index contributed by atoms with van der Waals surface area (Å²) < 4.78 is 11.9. The number of ether oxygens (including phenoxy) is 2. The van der Waals surface area contributed by atoms with Crippen molar-refractivity contribution in [1.82, 2.24) is 15.1 Å². The number of guanidine groups is 1. The molecule has 2 saturated heterocycles. The Balaban J connectivity index is 1.59. The Labute approximate surface area is 179 Å². The van der Waals surface area contributed by atoms with Crippen LogP contribution >= 0.6 is 0 Å². The van der Waals surface area contributed by atoms with Gasteiger partial charge in [0.1, 0.15) is 0 Å². The molecule has 170 valence electrons. The van der Waals surface area contributed by atoms with Gasteiger partial charge in [0.25, 0.3) is 0 Å². The third kappa shape index (κ3) is 10.7. The van der Waals surface area contributed by atoms with Gasteiger partial charge >= 0.3 is 0 Å². The molecular weight excluding hydrogens is 364 g/mol. The Morgan fingerprint density at radius 2 is 1.83 bits per heavy atom. The second kappa shape index (κ2) is 15.0. The van der Waals surface area contributed by atoms with Gasteiger partial charge in [-0.15, -0.1) is 0 Å². The molecule has 2 rings (SSSR count). The lowest BCUT2D eigenvalue weighted by Gasteiger charge is -2.35. The molecule has 0 radical (unpaired) electrons. The third-order valence-electron chi connectivity index (χ3n) is 5.89. The molecule has 6 nitrogen and oxygen atoms in total. The molecule has 0 saturated carbocycles. The number of rotatable bonds is 12. The SMILES string of the molecule is CCNC(=NCCCCCCCN(C)C)N1CCC(OCC2CCCCO2)CC1. The standard InChI is InChI=1S/C23H46N4O2/c1-4-24-23(25-15-9-6-5-7-10-16-26(2)3)27-17-13-21(14-18-27)29-20-22-12-8-11-19-28-22/h21-22H,4-20H2,1-3H3,(H,24,25). The number of aliphatic imine (C=N–C) groups is 1. The average Bonchev–Trinajstić information content (AvgIpc) is 2.74. The van der Waals surface area contributed by atoms with Crippen molar-refractivity contribution in [2.75, 3.05) is 60.0 Å². The van der Waals surface area contributed by atoms with Crippen LogP contribution in [0.5, 0.6) is 0 Å². The zero-order valence-corrected chi connectivity index (χ0v) is 19.3. The Morgan fingerprint density at radius 1 is 1.07 bits per heavy atom. The van der Waals surface area contributed by atoms with Crippen LogP contribution in [0.2, 0.25) is 0 Å². The largest absolute Gasteiger partial charge is 0.376 e. The summed E-state index contributed by atoms with van der Waals surface area (Å²) in [7, 11) is 4.30. The van der Waals surface area contributed by atoms with Crippen molar-refractivity contribution in [1.29, 1.82) is 0 Å². The predicted octanol–water partition coefficient (Wildman–Crippen LogP) is 3.51. The fourth-order valence-electron chi connectivity index (χ4n) is 4.10. The minimum absolute atomic E-state index is 0.323. The lowest BCUT2D eigenvalue weighted by atomic mass is 10.1. The monoisotopic (exact) mass is 410 g/mol. The first-order valence-corrected chi connectivity index (χ1v) is 12.1. The highest BCUT2D eigenvalue weighted by molar-refractivity contribution is 5.80. The molecule has 6 heteroatoms. The highest BCUT2D eigenvalue weighted by atomic mass is 16.5. The summed E-state index contributed by atoms with van der Waals surface area (Å²) in [5, 5.41) is 3.48. The van der Waals surface area contributed by atoms with E-state index in [0.717, 1.165) is 64.6 Å². The minimum Gasteiger partial charge on any atom is -0.376 e. The van der Waals surface area contributed by atoms with Crippen LogP contribution in [0.1, 0.15) is 71.1 Å². The maximum absolute atomic E-state index is 6.16. The number of hydrogen-bond donors (Lipinski definition) is 1. The Morgan fingerprint density at radius 3 is 2.52 bits per heavy atom. The van der Waals surface area contributed by atoms with Gasteiger partial charge in [-0.25, -0.2) is 0 Å². The number of nitrogens with one attached hydrogen (secondary N) is 1. The maximum atomic E-state index is 6.16. The number of unbranched alkanes of at least 4 members (excludes halogenated alkanes) is 4. The van der Waals surface area contributed by atoms with Gasteiger partial charge < -0.3 is 24.6 Å². The van der Waals surface area contributed by atoms with Crippen molar-refractivity contribution in [2.24, 2.45) is 4.99 Å². The summed E-state index contributed by atoms with van der Waals surface area (Å²) in [6, 6.07) is 0. The van der Waals surface area contributed by atoms with Gasteiger partial charge in [0, 0.05) is 32.8 Å². The molecule has 0 amide bonds. The molecule has 0 aromatic rings.